The van der Waals surface area contributed by atoms with Crippen LogP contribution in [0.25, 0.3) is 0 Å². The number of hydrogen-bond acceptors (Lipinski definition) is 2. The summed E-state index contributed by atoms with van der Waals surface area (Å²) in [5, 5.41) is 4.07. The Bertz CT molecular complexity index is 601. The first-order valence-corrected chi connectivity index (χ1v) is 7.68. The molecule has 20 heavy (non-hydrogen) atoms. The van der Waals surface area contributed by atoms with Gasteiger partial charge in [-0.05, 0) is 49.2 Å². The molecule has 0 radical (unpaired) electrons. The zero-order valence-electron chi connectivity index (χ0n) is 11.5. The third kappa shape index (κ3) is 3.90. The van der Waals surface area contributed by atoms with Gasteiger partial charge in [-0.3, -0.25) is 0 Å². The topological polar surface area (TPSA) is 21.3 Å². The van der Waals surface area contributed by atoms with Crippen LogP contribution in [0.15, 0.2) is 40.9 Å². The molecule has 4 heteroatoms. The minimum Gasteiger partial charge on any atom is -0.492 e. The van der Waals surface area contributed by atoms with Gasteiger partial charge in [0.1, 0.15) is 5.75 Å². The molecule has 0 aromatic heterocycles. The van der Waals surface area contributed by atoms with E-state index in [0.717, 1.165) is 15.9 Å². The summed E-state index contributed by atoms with van der Waals surface area (Å²) in [5.74, 6) is 0.820. The lowest BCUT2D eigenvalue weighted by Crippen LogP contribution is -2.03. The van der Waals surface area contributed by atoms with Gasteiger partial charge in [0.2, 0.25) is 0 Å². The number of ether oxygens (including phenoxy) is 1. The lowest BCUT2D eigenvalue weighted by Gasteiger charge is -2.13. The van der Waals surface area contributed by atoms with Crippen molar-refractivity contribution in [1.29, 1.82) is 0 Å². The van der Waals surface area contributed by atoms with Crippen LogP contribution >= 0.6 is 27.5 Å². The van der Waals surface area contributed by atoms with Crippen LogP contribution in [0.5, 0.6) is 5.75 Å². The van der Waals surface area contributed by atoms with E-state index in [0.29, 0.717) is 18.2 Å². The van der Waals surface area contributed by atoms with Crippen LogP contribution in [0.3, 0.4) is 0 Å². The highest BCUT2D eigenvalue weighted by Gasteiger charge is 2.06. The normalized spacial score (nSPS) is 10.4. The van der Waals surface area contributed by atoms with Gasteiger partial charge >= 0.3 is 0 Å². The van der Waals surface area contributed by atoms with Crippen molar-refractivity contribution >= 4 is 33.2 Å². The molecule has 0 unspecified atom stereocenters. The number of aryl methyl sites for hydroxylation is 1. The maximum absolute atomic E-state index is 6.05. The summed E-state index contributed by atoms with van der Waals surface area (Å²) < 4.78 is 6.70. The van der Waals surface area contributed by atoms with E-state index in [1.165, 1.54) is 11.1 Å². The van der Waals surface area contributed by atoms with Crippen LogP contribution in [-0.2, 0) is 6.54 Å². The summed E-state index contributed by atoms with van der Waals surface area (Å²) in [6.45, 7) is 5.38. The number of nitrogens with one attached hydrogen (secondary N) is 1. The molecule has 2 nitrogen and oxygen atoms in total. The quantitative estimate of drug-likeness (QED) is 0.774. The number of hydrogen-bond donors (Lipinski definition) is 1. The second kappa shape index (κ2) is 7.00. The Morgan fingerprint density at radius 2 is 2.00 bits per heavy atom. The Morgan fingerprint density at radius 3 is 2.70 bits per heavy atom. The molecule has 0 aliphatic heterocycles. The Balaban J connectivity index is 2.15. The molecule has 0 saturated carbocycles. The SMILES string of the molecule is CCOc1ccc(Cl)cc1NCc1ccc(C)cc1Br. The predicted molar refractivity (Wildman–Crippen MR) is 88.8 cm³/mol. The Labute approximate surface area is 133 Å². The number of benzene rings is 2. The lowest BCUT2D eigenvalue weighted by molar-refractivity contribution is 0.341. The predicted octanol–water partition coefficient (Wildman–Crippen LogP) is 5.42. The molecule has 0 atom stereocenters. The number of rotatable bonds is 5. The molecule has 0 aliphatic carbocycles. The molecule has 2 aromatic rings. The average molecular weight is 355 g/mol. The summed E-state index contributed by atoms with van der Waals surface area (Å²) in [6, 6.07) is 11.9. The molecule has 0 aliphatic rings. The van der Waals surface area contributed by atoms with Gasteiger partial charge in [-0.15, -0.1) is 0 Å². The Hall–Kier alpha value is -1.19. The van der Waals surface area contributed by atoms with E-state index in [-0.39, 0.29) is 0 Å². The standard InChI is InChI=1S/C16H17BrClNO/c1-3-20-16-7-6-13(18)9-15(16)19-10-12-5-4-11(2)8-14(12)17/h4-9,19H,3,10H2,1-2H3. The van der Waals surface area contributed by atoms with Crippen LogP contribution < -0.4 is 10.1 Å². The molecule has 0 bridgehead atoms. The monoisotopic (exact) mass is 353 g/mol. The third-order valence-electron chi connectivity index (χ3n) is 2.92. The molecule has 0 fully saturated rings. The largest absolute Gasteiger partial charge is 0.492 e. The Kier molecular flexibility index (Phi) is 5.32. The molecule has 1 N–H and O–H groups in total. The van der Waals surface area contributed by atoms with Crippen LogP contribution in [0.1, 0.15) is 18.1 Å². The second-order valence-corrected chi connectivity index (χ2v) is 5.81. The fourth-order valence-corrected chi connectivity index (χ4v) is 2.71. The highest BCUT2D eigenvalue weighted by Crippen LogP contribution is 2.29. The molecule has 2 aromatic carbocycles. The van der Waals surface area contributed by atoms with Gasteiger partial charge in [0, 0.05) is 16.0 Å². The van der Waals surface area contributed by atoms with E-state index < -0.39 is 0 Å². The van der Waals surface area contributed by atoms with Crippen LogP contribution in [0, 0.1) is 6.92 Å². The van der Waals surface area contributed by atoms with Crippen molar-refractivity contribution in [3.8, 4) is 5.75 Å². The molecule has 106 valence electrons. The minimum absolute atomic E-state index is 0.630. The summed E-state index contributed by atoms with van der Waals surface area (Å²) in [7, 11) is 0. The molecule has 0 heterocycles. The molecule has 0 saturated heterocycles. The van der Waals surface area contributed by atoms with Gasteiger partial charge in [0.15, 0.2) is 0 Å². The van der Waals surface area contributed by atoms with E-state index in [1.807, 2.05) is 25.1 Å². The van der Waals surface area contributed by atoms with Crippen molar-refractivity contribution < 1.29 is 4.74 Å². The van der Waals surface area contributed by atoms with Crippen molar-refractivity contribution in [3.05, 3.63) is 57.0 Å². The van der Waals surface area contributed by atoms with Crippen molar-refractivity contribution in [2.24, 2.45) is 0 Å². The first kappa shape index (κ1) is 15.2. The first-order valence-electron chi connectivity index (χ1n) is 6.51. The maximum atomic E-state index is 6.05. The van der Waals surface area contributed by atoms with E-state index >= 15 is 0 Å². The molecule has 0 spiro atoms. The third-order valence-corrected chi connectivity index (χ3v) is 3.89. The fraction of sp³-hybridized carbons (Fsp3) is 0.250. The van der Waals surface area contributed by atoms with E-state index in [1.54, 1.807) is 0 Å². The van der Waals surface area contributed by atoms with E-state index in [9.17, 15) is 0 Å². The van der Waals surface area contributed by atoms with Gasteiger partial charge in [-0.1, -0.05) is 39.7 Å². The Morgan fingerprint density at radius 1 is 1.20 bits per heavy atom. The summed E-state index contributed by atoms with van der Waals surface area (Å²) in [5.41, 5.74) is 3.34. The number of anilines is 1. The van der Waals surface area contributed by atoms with Gasteiger partial charge in [0.05, 0.1) is 12.3 Å². The minimum atomic E-state index is 0.630. The lowest BCUT2D eigenvalue weighted by atomic mass is 10.1. The molecule has 2 rings (SSSR count). The van der Waals surface area contributed by atoms with Crippen molar-refractivity contribution in [3.63, 3.8) is 0 Å². The maximum Gasteiger partial charge on any atom is 0.142 e. The van der Waals surface area contributed by atoms with Crippen molar-refractivity contribution in [2.75, 3.05) is 11.9 Å². The van der Waals surface area contributed by atoms with Gasteiger partial charge in [-0.2, -0.15) is 0 Å². The zero-order chi connectivity index (χ0) is 14.5. The van der Waals surface area contributed by atoms with Gasteiger partial charge < -0.3 is 10.1 Å². The van der Waals surface area contributed by atoms with Crippen LogP contribution in [0.2, 0.25) is 5.02 Å². The fourth-order valence-electron chi connectivity index (χ4n) is 1.91. The smallest absolute Gasteiger partial charge is 0.142 e. The zero-order valence-corrected chi connectivity index (χ0v) is 13.9. The van der Waals surface area contributed by atoms with Crippen LogP contribution in [0.4, 0.5) is 5.69 Å². The molecule has 0 amide bonds. The summed E-state index contributed by atoms with van der Waals surface area (Å²) in [6.07, 6.45) is 0. The van der Waals surface area contributed by atoms with Crippen molar-refractivity contribution in [1.82, 2.24) is 0 Å². The summed E-state index contributed by atoms with van der Waals surface area (Å²) in [4.78, 5) is 0. The highest BCUT2D eigenvalue weighted by molar-refractivity contribution is 9.10. The summed E-state index contributed by atoms with van der Waals surface area (Å²) >= 11 is 9.63. The van der Waals surface area contributed by atoms with Gasteiger partial charge in [-0.25, -0.2) is 0 Å². The highest BCUT2D eigenvalue weighted by atomic mass is 79.9. The van der Waals surface area contributed by atoms with E-state index in [2.05, 4.69) is 46.4 Å². The van der Waals surface area contributed by atoms with Crippen molar-refractivity contribution in [2.45, 2.75) is 20.4 Å². The molecular weight excluding hydrogens is 338 g/mol. The average Bonchev–Trinajstić information content (AvgIpc) is 2.41. The molecular formula is C16H17BrClNO. The first-order chi connectivity index (χ1) is 9.60. The second-order valence-electron chi connectivity index (χ2n) is 4.52. The number of halogens is 2. The van der Waals surface area contributed by atoms with Crippen LogP contribution in [-0.4, -0.2) is 6.61 Å². The van der Waals surface area contributed by atoms with E-state index in [4.69, 9.17) is 16.3 Å². The van der Waals surface area contributed by atoms with Gasteiger partial charge in [0.25, 0.3) is 0 Å².